The lowest BCUT2D eigenvalue weighted by molar-refractivity contribution is -0.146. The van der Waals surface area contributed by atoms with Gasteiger partial charge in [-0.1, -0.05) is 6.07 Å². The van der Waals surface area contributed by atoms with Crippen molar-refractivity contribution < 1.29 is 19.5 Å². The minimum absolute atomic E-state index is 0.195. The number of hydrogen-bond donors (Lipinski definition) is 2. The molecule has 0 radical (unpaired) electrons. The first kappa shape index (κ1) is 13.1. The average Bonchev–Trinajstić information content (AvgIpc) is 3.06. The molecule has 1 saturated carbocycles. The van der Waals surface area contributed by atoms with E-state index in [-0.39, 0.29) is 11.8 Å². The van der Waals surface area contributed by atoms with Crippen LogP contribution in [0.25, 0.3) is 0 Å². The molecule has 0 aromatic carbocycles. The van der Waals surface area contributed by atoms with Gasteiger partial charge >= 0.3 is 5.97 Å². The molecule has 7 heteroatoms. The van der Waals surface area contributed by atoms with Crippen LogP contribution in [0.2, 0.25) is 0 Å². The van der Waals surface area contributed by atoms with Crippen LogP contribution in [0.15, 0.2) is 17.5 Å². The number of amides is 2. The lowest BCUT2D eigenvalue weighted by Gasteiger charge is -2.34. The number of nitrogens with zero attached hydrogens (tertiary/aromatic N) is 1. The minimum atomic E-state index is -0.933. The predicted octanol–water partition coefficient (Wildman–Crippen LogP) is 0.468. The molecule has 0 unspecified atom stereocenters. The number of carbonyl (C=O) groups is 3. The van der Waals surface area contributed by atoms with Gasteiger partial charge in [0.25, 0.3) is 0 Å². The second-order valence-corrected chi connectivity index (χ2v) is 6.01. The Morgan fingerprint density at radius 3 is 2.80 bits per heavy atom. The molecule has 106 valence electrons. The van der Waals surface area contributed by atoms with Crippen molar-refractivity contribution in [3.63, 3.8) is 0 Å². The van der Waals surface area contributed by atoms with Crippen LogP contribution in [-0.2, 0) is 14.4 Å². The van der Waals surface area contributed by atoms with Gasteiger partial charge in [-0.05, 0) is 17.9 Å². The third kappa shape index (κ3) is 2.18. The molecule has 2 fully saturated rings. The highest BCUT2D eigenvalue weighted by atomic mass is 32.1. The Hall–Kier alpha value is -1.89. The van der Waals surface area contributed by atoms with E-state index >= 15 is 0 Å². The van der Waals surface area contributed by atoms with Gasteiger partial charge in [0.1, 0.15) is 6.04 Å². The fourth-order valence-corrected chi connectivity index (χ4v) is 3.42. The summed E-state index contributed by atoms with van der Waals surface area (Å²) in [5, 5.41) is 13.5. The summed E-state index contributed by atoms with van der Waals surface area (Å²) in [7, 11) is 0. The third-order valence-corrected chi connectivity index (χ3v) is 4.66. The van der Waals surface area contributed by atoms with Gasteiger partial charge in [-0.25, -0.2) is 0 Å². The van der Waals surface area contributed by atoms with Gasteiger partial charge in [-0.2, -0.15) is 0 Å². The molecule has 0 spiro atoms. The smallest absolute Gasteiger partial charge is 0.307 e. The molecule has 3 atom stereocenters. The van der Waals surface area contributed by atoms with Gasteiger partial charge in [0, 0.05) is 18.0 Å². The SMILES string of the molecule is O=C(O)[C@@H]1C[C@@H]1C(=O)N1CCNC(=O)[C@H]1c1cccs1. The van der Waals surface area contributed by atoms with Crippen LogP contribution in [0.4, 0.5) is 0 Å². The molecule has 1 aromatic heterocycles. The molecule has 6 nitrogen and oxygen atoms in total. The summed E-state index contributed by atoms with van der Waals surface area (Å²) >= 11 is 1.42. The summed E-state index contributed by atoms with van der Waals surface area (Å²) in [6.45, 7) is 0.840. The highest BCUT2D eigenvalue weighted by Crippen LogP contribution is 2.42. The first-order chi connectivity index (χ1) is 9.59. The van der Waals surface area contributed by atoms with E-state index in [2.05, 4.69) is 5.32 Å². The molecule has 20 heavy (non-hydrogen) atoms. The Labute approximate surface area is 119 Å². The second-order valence-electron chi connectivity index (χ2n) is 5.03. The first-order valence-corrected chi connectivity index (χ1v) is 7.32. The quantitative estimate of drug-likeness (QED) is 0.848. The summed E-state index contributed by atoms with van der Waals surface area (Å²) in [5.74, 6) is -2.40. The third-order valence-electron chi connectivity index (χ3n) is 3.73. The van der Waals surface area contributed by atoms with Gasteiger partial charge in [-0.15, -0.1) is 11.3 Å². The van der Waals surface area contributed by atoms with Gasteiger partial charge in [0.15, 0.2) is 0 Å². The number of hydrogen-bond acceptors (Lipinski definition) is 4. The van der Waals surface area contributed by atoms with E-state index in [9.17, 15) is 14.4 Å². The molecule has 2 aliphatic rings. The molecule has 1 aliphatic heterocycles. The number of nitrogens with one attached hydrogen (secondary N) is 1. The van der Waals surface area contributed by atoms with E-state index in [0.717, 1.165) is 4.88 Å². The summed E-state index contributed by atoms with van der Waals surface area (Å²) in [6.07, 6.45) is 0.378. The van der Waals surface area contributed by atoms with Crippen LogP contribution in [0, 0.1) is 11.8 Å². The standard InChI is InChI=1S/C13H14N2O4S/c16-11-10(9-2-1-5-20-9)15(4-3-14-11)12(17)7-6-8(7)13(18)19/h1-2,5,7-8,10H,3-4,6H2,(H,14,16)(H,18,19)/t7-,8+,10+/m0/s1. The van der Waals surface area contributed by atoms with Crippen molar-refractivity contribution in [1.82, 2.24) is 10.2 Å². The van der Waals surface area contributed by atoms with Crippen molar-refractivity contribution in [2.75, 3.05) is 13.1 Å². The number of carbonyl (C=O) groups excluding carboxylic acids is 2. The minimum Gasteiger partial charge on any atom is -0.481 e. The number of rotatable bonds is 3. The summed E-state index contributed by atoms with van der Waals surface area (Å²) in [4.78, 5) is 37.7. The lowest BCUT2D eigenvalue weighted by atomic mass is 10.1. The van der Waals surface area contributed by atoms with Crippen molar-refractivity contribution in [3.05, 3.63) is 22.4 Å². The topological polar surface area (TPSA) is 86.7 Å². The van der Waals surface area contributed by atoms with Crippen LogP contribution in [0.1, 0.15) is 17.3 Å². The fraction of sp³-hybridized carbons (Fsp3) is 0.462. The molecule has 0 bridgehead atoms. The largest absolute Gasteiger partial charge is 0.481 e. The van der Waals surface area contributed by atoms with E-state index in [1.807, 2.05) is 17.5 Å². The highest BCUT2D eigenvalue weighted by molar-refractivity contribution is 7.10. The molecule has 1 aromatic rings. The van der Waals surface area contributed by atoms with Crippen LogP contribution in [-0.4, -0.2) is 40.9 Å². The zero-order chi connectivity index (χ0) is 14.3. The highest BCUT2D eigenvalue weighted by Gasteiger charge is 2.51. The van der Waals surface area contributed by atoms with Crippen molar-refractivity contribution in [3.8, 4) is 0 Å². The number of carboxylic acid groups (broad SMARTS) is 1. The maximum atomic E-state index is 12.4. The molecule has 2 heterocycles. The Morgan fingerprint density at radius 1 is 1.40 bits per heavy atom. The van der Waals surface area contributed by atoms with Crippen molar-refractivity contribution in [1.29, 1.82) is 0 Å². The van der Waals surface area contributed by atoms with Gasteiger partial charge in [-0.3, -0.25) is 14.4 Å². The summed E-state index contributed by atoms with van der Waals surface area (Å²) in [5.41, 5.74) is 0. The Morgan fingerprint density at radius 2 is 2.20 bits per heavy atom. The normalized spacial score (nSPS) is 28.9. The van der Waals surface area contributed by atoms with Crippen molar-refractivity contribution in [2.45, 2.75) is 12.5 Å². The lowest BCUT2D eigenvalue weighted by Crippen LogP contribution is -2.52. The van der Waals surface area contributed by atoms with Crippen LogP contribution < -0.4 is 5.32 Å². The van der Waals surface area contributed by atoms with E-state index in [1.54, 1.807) is 0 Å². The van der Waals surface area contributed by atoms with Crippen LogP contribution in [0.5, 0.6) is 0 Å². The number of carboxylic acids is 1. The molecule has 3 rings (SSSR count). The zero-order valence-corrected chi connectivity index (χ0v) is 11.4. The van der Waals surface area contributed by atoms with E-state index < -0.39 is 23.8 Å². The summed E-state index contributed by atoms with van der Waals surface area (Å²) in [6, 6.07) is 3.04. The number of aliphatic carboxylic acids is 1. The molecule has 2 N–H and O–H groups in total. The van der Waals surface area contributed by atoms with Gasteiger partial charge in [0.2, 0.25) is 11.8 Å². The van der Waals surface area contributed by atoms with Gasteiger partial charge in [0.05, 0.1) is 11.8 Å². The molecular weight excluding hydrogens is 280 g/mol. The van der Waals surface area contributed by atoms with E-state index in [0.29, 0.717) is 19.5 Å². The first-order valence-electron chi connectivity index (χ1n) is 6.44. The number of piperazine rings is 1. The maximum Gasteiger partial charge on any atom is 0.307 e. The number of thiophene rings is 1. The summed E-state index contributed by atoms with van der Waals surface area (Å²) < 4.78 is 0. The average molecular weight is 294 g/mol. The monoisotopic (exact) mass is 294 g/mol. The molecule has 1 saturated heterocycles. The van der Waals surface area contributed by atoms with E-state index in [4.69, 9.17) is 5.11 Å². The van der Waals surface area contributed by atoms with Crippen molar-refractivity contribution >= 4 is 29.1 Å². The molecule has 2 amide bonds. The Kier molecular flexibility index (Phi) is 3.21. The fourth-order valence-electron chi connectivity index (χ4n) is 2.59. The molecule has 1 aliphatic carbocycles. The Balaban J connectivity index is 1.81. The van der Waals surface area contributed by atoms with E-state index in [1.165, 1.54) is 16.2 Å². The Bertz CT molecular complexity index is 557. The predicted molar refractivity (Wildman–Crippen MR) is 71.0 cm³/mol. The van der Waals surface area contributed by atoms with Crippen LogP contribution in [0.3, 0.4) is 0 Å². The van der Waals surface area contributed by atoms with Crippen LogP contribution >= 0.6 is 11.3 Å². The van der Waals surface area contributed by atoms with Gasteiger partial charge < -0.3 is 15.3 Å². The molecular formula is C13H14N2O4S. The second kappa shape index (κ2) is 4.90. The maximum absolute atomic E-state index is 12.4. The zero-order valence-electron chi connectivity index (χ0n) is 10.6. The van der Waals surface area contributed by atoms with Crippen molar-refractivity contribution in [2.24, 2.45) is 11.8 Å².